The van der Waals surface area contributed by atoms with Gasteiger partial charge in [0, 0.05) is 19.3 Å². The van der Waals surface area contributed by atoms with Gasteiger partial charge in [-0.15, -0.1) is 0 Å². The Kier molecular flexibility index (Phi) is 64.8. The second-order valence-electron chi connectivity index (χ2n) is 22.0. The third-order valence-electron chi connectivity index (χ3n) is 14.1. The lowest BCUT2D eigenvalue weighted by atomic mass is 10.0. The summed E-state index contributed by atoms with van der Waals surface area (Å²) in [7, 11) is 0. The molecule has 0 radical (unpaired) electrons. The van der Waals surface area contributed by atoms with E-state index in [0.717, 1.165) is 154 Å². The Morgan fingerprint density at radius 2 is 0.476 bits per heavy atom. The number of hydrogen-bond acceptors (Lipinski definition) is 6. The summed E-state index contributed by atoms with van der Waals surface area (Å²) in [4.78, 5) is 38.4. The summed E-state index contributed by atoms with van der Waals surface area (Å²) >= 11 is 0. The van der Waals surface area contributed by atoms with Crippen molar-refractivity contribution in [1.82, 2.24) is 0 Å². The fourth-order valence-corrected chi connectivity index (χ4v) is 9.04. The van der Waals surface area contributed by atoms with E-state index in [0.29, 0.717) is 19.3 Å². The van der Waals surface area contributed by atoms with Crippen LogP contribution in [0.3, 0.4) is 0 Å². The van der Waals surface area contributed by atoms with Crippen LogP contribution < -0.4 is 0 Å². The Bertz CT molecular complexity index is 1780. The molecule has 0 saturated carbocycles. The summed E-state index contributed by atoms with van der Waals surface area (Å²) in [5, 5.41) is 0. The Labute approximate surface area is 506 Å². The van der Waals surface area contributed by atoms with E-state index < -0.39 is 6.10 Å². The van der Waals surface area contributed by atoms with E-state index in [1.165, 1.54) is 103 Å². The second-order valence-corrected chi connectivity index (χ2v) is 22.0. The molecular weight excluding hydrogens is 1010 g/mol. The molecule has 0 aliphatic carbocycles. The average molecular weight is 1130 g/mol. The Morgan fingerprint density at radius 1 is 0.256 bits per heavy atom. The van der Waals surface area contributed by atoms with E-state index in [1.54, 1.807) is 0 Å². The van der Waals surface area contributed by atoms with Crippen molar-refractivity contribution in [3.05, 3.63) is 146 Å². The number of unbranched alkanes of at least 4 members (excludes halogenated alkanes) is 25. The molecule has 0 rings (SSSR count). The SMILES string of the molecule is CC/C=C\C/C=C\C/C=C\C/C=C\C/C=C\C/C=C\CCCCCCCCCCC(=O)OCC(COC(=O)CCCCCCC/C=C\C/C=C\CCCC)OC(=O)CCCCCCCCCCCC/C=C\C/C=C\C/C=C\C/C=C\CC. The maximum Gasteiger partial charge on any atom is 0.306 e. The van der Waals surface area contributed by atoms with Gasteiger partial charge in [0.15, 0.2) is 6.10 Å². The van der Waals surface area contributed by atoms with Gasteiger partial charge in [-0.1, -0.05) is 289 Å². The molecule has 464 valence electrons. The van der Waals surface area contributed by atoms with E-state index >= 15 is 0 Å². The van der Waals surface area contributed by atoms with E-state index in [4.69, 9.17) is 14.2 Å². The van der Waals surface area contributed by atoms with Crippen molar-refractivity contribution in [2.45, 2.75) is 303 Å². The van der Waals surface area contributed by atoms with Gasteiger partial charge < -0.3 is 14.2 Å². The van der Waals surface area contributed by atoms with E-state index in [2.05, 4.69) is 167 Å². The zero-order valence-corrected chi connectivity index (χ0v) is 53.2. The van der Waals surface area contributed by atoms with Gasteiger partial charge in [-0.05, 0) is 135 Å². The minimum atomic E-state index is -0.798. The summed E-state index contributed by atoms with van der Waals surface area (Å²) in [6.45, 7) is 6.36. The number of rotatable bonds is 60. The lowest BCUT2D eigenvalue weighted by Gasteiger charge is -2.18. The van der Waals surface area contributed by atoms with Gasteiger partial charge in [0.25, 0.3) is 0 Å². The molecule has 82 heavy (non-hydrogen) atoms. The smallest absolute Gasteiger partial charge is 0.306 e. The fourth-order valence-electron chi connectivity index (χ4n) is 9.04. The zero-order valence-electron chi connectivity index (χ0n) is 53.2. The first-order valence-electron chi connectivity index (χ1n) is 33.8. The molecule has 0 spiro atoms. The lowest BCUT2D eigenvalue weighted by molar-refractivity contribution is -0.167. The van der Waals surface area contributed by atoms with Crippen LogP contribution >= 0.6 is 0 Å². The molecule has 0 aromatic carbocycles. The minimum Gasteiger partial charge on any atom is -0.462 e. The maximum atomic E-state index is 13.0. The van der Waals surface area contributed by atoms with Crippen LogP contribution in [0.2, 0.25) is 0 Å². The molecule has 0 aromatic heterocycles. The number of carbonyl (C=O) groups is 3. The molecule has 0 amide bonds. The molecule has 6 heteroatoms. The summed E-state index contributed by atoms with van der Waals surface area (Å²) < 4.78 is 16.9. The molecule has 1 unspecified atom stereocenters. The van der Waals surface area contributed by atoms with Crippen molar-refractivity contribution in [2.24, 2.45) is 0 Å². The molecule has 0 fully saturated rings. The number of esters is 3. The van der Waals surface area contributed by atoms with Gasteiger partial charge in [0.1, 0.15) is 13.2 Å². The molecule has 0 aromatic rings. The standard InChI is InChI=1S/C76H124O6/c1-4-7-10-13-16-19-22-25-28-30-32-34-36-37-38-39-41-42-44-46-48-51-54-57-60-63-66-69-75(78)81-72-73(71-80-74(77)68-65-62-59-56-53-50-27-24-21-18-15-12-9-6-3)82-76(79)70-67-64-61-58-55-52-49-47-45-43-40-35-33-31-29-26-23-20-17-14-11-8-5-2/h7-8,10-11,15-20,24-29,32-35,37-38,41-42,73H,4-6,9,12-14,21-23,30-31,36,39-40,43-72H2,1-3H3/b10-7-,11-8-,18-15-,19-16-,20-17-,27-24-,28-25-,29-26-,34-32-,35-33-,38-37-,42-41-. The molecule has 0 saturated heterocycles. The largest absolute Gasteiger partial charge is 0.462 e. The van der Waals surface area contributed by atoms with Gasteiger partial charge in [-0.3, -0.25) is 14.4 Å². The Morgan fingerprint density at radius 3 is 0.744 bits per heavy atom. The molecule has 0 aliphatic heterocycles. The second kappa shape index (κ2) is 68.8. The van der Waals surface area contributed by atoms with Crippen LogP contribution in [-0.2, 0) is 28.6 Å². The molecule has 0 bridgehead atoms. The maximum absolute atomic E-state index is 13.0. The number of hydrogen-bond donors (Lipinski definition) is 0. The monoisotopic (exact) mass is 1130 g/mol. The van der Waals surface area contributed by atoms with Gasteiger partial charge in [-0.2, -0.15) is 0 Å². The lowest BCUT2D eigenvalue weighted by Crippen LogP contribution is -2.30. The third-order valence-corrected chi connectivity index (χ3v) is 14.1. The van der Waals surface area contributed by atoms with Crippen LogP contribution in [0.15, 0.2) is 146 Å². The zero-order chi connectivity index (χ0) is 59.2. The predicted molar refractivity (Wildman–Crippen MR) is 357 cm³/mol. The molecule has 0 heterocycles. The highest BCUT2D eigenvalue weighted by Crippen LogP contribution is 2.16. The van der Waals surface area contributed by atoms with Crippen LogP contribution in [0.25, 0.3) is 0 Å². The van der Waals surface area contributed by atoms with Crippen LogP contribution in [0.1, 0.15) is 297 Å². The predicted octanol–water partition coefficient (Wildman–Crippen LogP) is 23.5. The van der Waals surface area contributed by atoms with Crippen LogP contribution in [-0.4, -0.2) is 37.2 Å². The fraction of sp³-hybridized carbons (Fsp3) is 0.645. The van der Waals surface area contributed by atoms with Crippen molar-refractivity contribution in [2.75, 3.05) is 13.2 Å². The Hall–Kier alpha value is -4.71. The first-order chi connectivity index (χ1) is 40.5. The van der Waals surface area contributed by atoms with Crippen LogP contribution in [0.4, 0.5) is 0 Å². The summed E-state index contributed by atoms with van der Waals surface area (Å²) in [5.74, 6) is -0.915. The quantitative estimate of drug-likeness (QED) is 0.0261. The normalized spacial score (nSPS) is 13.1. The summed E-state index contributed by atoms with van der Waals surface area (Å²) in [6.07, 6.45) is 98.5. The molecule has 0 aliphatic rings. The first kappa shape index (κ1) is 77.3. The van der Waals surface area contributed by atoms with Gasteiger partial charge in [0.2, 0.25) is 0 Å². The topological polar surface area (TPSA) is 78.9 Å². The number of carbonyl (C=O) groups excluding carboxylic acids is 3. The van der Waals surface area contributed by atoms with Crippen molar-refractivity contribution in [3.63, 3.8) is 0 Å². The summed E-state index contributed by atoms with van der Waals surface area (Å²) in [5.41, 5.74) is 0. The van der Waals surface area contributed by atoms with Crippen molar-refractivity contribution in [3.8, 4) is 0 Å². The van der Waals surface area contributed by atoms with E-state index in [-0.39, 0.29) is 31.1 Å². The minimum absolute atomic E-state index is 0.0928. The first-order valence-corrected chi connectivity index (χ1v) is 33.8. The Balaban J connectivity index is 4.38. The molecular formula is C76H124O6. The molecule has 0 N–H and O–H groups in total. The highest BCUT2D eigenvalue weighted by Gasteiger charge is 2.19. The third kappa shape index (κ3) is 66.1. The van der Waals surface area contributed by atoms with Crippen LogP contribution in [0.5, 0.6) is 0 Å². The van der Waals surface area contributed by atoms with Crippen molar-refractivity contribution < 1.29 is 28.6 Å². The molecule has 1 atom stereocenters. The van der Waals surface area contributed by atoms with Gasteiger partial charge in [-0.25, -0.2) is 0 Å². The average Bonchev–Trinajstić information content (AvgIpc) is 3.48. The molecule has 6 nitrogen and oxygen atoms in total. The van der Waals surface area contributed by atoms with Crippen molar-refractivity contribution in [1.29, 1.82) is 0 Å². The number of ether oxygens (including phenoxy) is 3. The van der Waals surface area contributed by atoms with Crippen molar-refractivity contribution >= 4 is 17.9 Å². The highest BCUT2D eigenvalue weighted by molar-refractivity contribution is 5.71. The van der Waals surface area contributed by atoms with Crippen LogP contribution in [0, 0.1) is 0 Å². The number of allylic oxidation sites excluding steroid dienone is 24. The van der Waals surface area contributed by atoms with E-state index in [9.17, 15) is 14.4 Å². The summed E-state index contributed by atoms with van der Waals surface area (Å²) in [6, 6.07) is 0. The van der Waals surface area contributed by atoms with Gasteiger partial charge in [0.05, 0.1) is 0 Å². The highest BCUT2D eigenvalue weighted by atomic mass is 16.6. The van der Waals surface area contributed by atoms with Gasteiger partial charge >= 0.3 is 17.9 Å². The van der Waals surface area contributed by atoms with E-state index in [1.807, 2.05) is 0 Å².